The highest BCUT2D eigenvalue weighted by atomic mass is 35.5. The topological polar surface area (TPSA) is 63.0 Å². The summed E-state index contributed by atoms with van der Waals surface area (Å²) in [6, 6.07) is 12.0. The van der Waals surface area contributed by atoms with Gasteiger partial charge in [-0.3, -0.25) is 9.59 Å². The SMILES string of the molecule is CCOc1ccc([C@@H]2c3c(oc4ccc(Cl)cc4c3=O)C(=O)N2CCCN(CC)CC)cc1. The highest BCUT2D eigenvalue weighted by Crippen LogP contribution is 2.39. The maximum absolute atomic E-state index is 13.6. The van der Waals surface area contributed by atoms with Gasteiger partial charge in [0, 0.05) is 11.6 Å². The van der Waals surface area contributed by atoms with E-state index in [2.05, 4.69) is 18.7 Å². The molecule has 0 saturated heterocycles. The van der Waals surface area contributed by atoms with Crippen LogP contribution in [0.1, 0.15) is 54.9 Å². The van der Waals surface area contributed by atoms with Gasteiger partial charge in [-0.1, -0.05) is 37.6 Å². The number of hydrogen-bond acceptors (Lipinski definition) is 5. The number of carbonyl (C=O) groups is 1. The minimum atomic E-state index is -0.514. The number of benzene rings is 2. The smallest absolute Gasteiger partial charge is 0.290 e. The summed E-state index contributed by atoms with van der Waals surface area (Å²) in [4.78, 5) is 31.1. The van der Waals surface area contributed by atoms with Crippen LogP contribution in [0.5, 0.6) is 5.75 Å². The third-order valence-corrected chi connectivity index (χ3v) is 6.44. The molecule has 7 heteroatoms. The zero-order valence-corrected chi connectivity index (χ0v) is 20.0. The quantitative estimate of drug-likeness (QED) is 0.436. The largest absolute Gasteiger partial charge is 0.494 e. The van der Waals surface area contributed by atoms with Crippen LogP contribution in [-0.2, 0) is 0 Å². The third kappa shape index (κ3) is 4.50. The number of fused-ring (bicyclic) bond motifs is 2. The second-order valence-electron chi connectivity index (χ2n) is 8.10. The van der Waals surface area contributed by atoms with Gasteiger partial charge in [0.2, 0.25) is 5.76 Å². The second kappa shape index (κ2) is 9.98. The lowest BCUT2D eigenvalue weighted by Gasteiger charge is -2.26. The lowest BCUT2D eigenvalue weighted by atomic mass is 9.98. The molecular formula is C26H29ClN2O4. The Hall–Kier alpha value is -2.83. The van der Waals surface area contributed by atoms with Crippen molar-refractivity contribution < 1.29 is 13.9 Å². The van der Waals surface area contributed by atoms with Gasteiger partial charge in [-0.25, -0.2) is 0 Å². The van der Waals surface area contributed by atoms with E-state index in [1.54, 1.807) is 23.1 Å². The van der Waals surface area contributed by atoms with Gasteiger partial charge >= 0.3 is 0 Å². The highest BCUT2D eigenvalue weighted by Gasteiger charge is 2.42. The van der Waals surface area contributed by atoms with Crippen LogP contribution in [0.3, 0.4) is 0 Å². The van der Waals surface area contributed by atoms with Crippen LogP contribution in [0.15, 0.2) is 51.7 Å². The summed E-state index contributed by atoms with van der Waals surface area (Å²) in [5.74, 6) is 0.616. The lowest BCUT2D eigenvalue weighted by Crippen LogP contribution is -2.33. The molecule has 1 atom stereocenters. The van der Waals surface area contributed by atoms with E-state index >= 15 is 0 Å². The Kier molecular flexibility index (Phi) is 7.05. The number of amides is 1. The Morgan fingerprint density at radius 1 is 1.06 bits per heavy atom. The van der Waals surface area contributed by atoms with Gasteiger partial charge in [0.05, 0.1) is 23.6 Å². The molecule has 1 aromatic heterocycles. The summed E-state index contributed by atoms with van der Waals surface area (Å²) in [7, 11) is 0. The zero-order valence-electron chi connectivity index (χ0n) is 19.3. The Labute approximate surface area is 198 Å². The standard InChI is InChI=1S/C26H29ClN2O4/c1-4-28(5-2)14-7-15-29-23(17-8-11-19(12-9-17)32-6-3)22-24(30)20-16-18(27)10-13-21(20)33-25(22)26(29)31/h8-13,16,23H,4-7,14-15H2,1-3H3/t23-/m1/s1. The van der Waals surface area contributed by atoms with E-state index in [4.69, 9.17) is 20.8 Å². The first kappa shape index (κ1) is 23.3. The Morgan fingerprint density at radius 2 is 1.79 bits per heavy atom. The van der Waals surface area contributed by atoms with E-state index in [9.17, 15) is 9.59 Å². The van der Waals surface area contributed by atoms with E-state index < -0.39 is 6.04 Å². The summed E-state index contributed by atoms with van der Waals surface area (Å²) in [5.41, 5.74) is 1.38. The fourth-order valence-corrected chi connectivity index (χ4v) is 4.66. The molecule has 0 fully saturated rings. The van der Waals surface area contributed by atoms with Crippen LogP contribution >= 0.6 is 11.6 Å². The van der Waals surface area contributed by atoms with Gasteiger partial charge in [-0.15, -0.1) is 0 Å². The molecule has 1 aliphatic heterocycles. The summed E-state index contributed by atoms with van der Waals surface area (Å²) in [5, 5.41) is 0.836. The molecule has 2 heterocycles. The molecule has 0 radical (unpaired) electrons. The summed E-state index contributed by atoms with van der Waals surface area (Å²) in [6.45, 7) is 10.1. The molecule has 6 nitrogen and oxygen atoms in total. The second-order valence-corrected chi connectivity index (χ2v) is 8.53. The van der Waals surface area contributed by atoms with E-state index in [-0.39, 0.29) is 17.1 Å². The number of ether oxygens (including phenoxy) is 1. The fraction of sp³-hybridized carbons (Fsp3) is 0.385. The minimum Gasteiger partial charge on any atom is -0.494 e. The first-order chi connectivity index (χ1) is 16.0. The van der Waals surface area contributed by atoms with Crippen molar-refractivity contribution in [1.82, 2.24) is 9.80 Å². The molecule has 0 spiro atoms. The Balaban J connectivity index is 1.78. The summed E-state index contributed by atoms with van der Waals surface area (Å²) in [6.07, 6.45) is 0.800. The number of halogens is 1. The first-order valence-electron chi connectivity index (χ1n) is 11.5. The van der Waals surface area contributed by atoms with E-state index in [1.807, 2.05) is 31.2 Å². The van der Waals surface area contributed by atoms with Crippen molar-refractivity contribution in [3.63, 3.8) is 0 Å². The maximum Gasteiger partial charge on any atom is 0.290 e. The van der Waals surface area contributed by atoms with Crippen LogP contribution in [-0.4, -0.2) is 48.5 Å². The van der Waals surface area contributed by atoms with Crippen molar-refractivity contribution in [2.24, 2.45) is 0 Å². The normalized spacial score (nSPS) is 15.5. The average Bonchev–Trinajstić information content (AvgIpc) is 3.10. The molecule has 0 N–H and O–H groups in total. The third-order valence-electron chi connectivity index (χ3n) is 6.20. The van der Waals surface area contributed by atoms with Crippen LogP contribution < -0.4 is 10.2 Å². The number of rotatable bonds is 9. The molecule has 3 aromatic rings. The molecule has 0 saturated carbocycles. The predicted octanol–water partition coefficient (Wildman–Crippen LogP) is 5.12. The van der Waals surface area contributed by atoms with Crippen LogP contribution in [0.2, 0.25) is 5.02 Å². The van der Waals surface area contributed by atoms with E-state index in [0.717, 1.165) is 37.4 Å². The van der Waals surface area contributed by atoms with Gasteiger partial charge in [0.1, 0.15) is 11.3 Å². The molecule has 0 unspecified atom stereocenters. The van der Waals surface area contributed by atoms with Crippen molar-refractivity contribution in [2.45, 2.75) is 33.2 Å². The van der Waals surface area contributed by atoms with Crippen molar-refractivity contribution in [3.05, 3.63) is 74.6 Å². The highest BCUT2D eigenvalue weighted by molar-refractivity contribution is 6.31. The Bertz CT molecular complexity index is 1200. The molecule has 4 rings (SSSR count). The van der Waals surface area contributed by atoms with Gasteiger partial charge in [-0.05, 0) is 68.9 Å². The maximum atomic E-state index is 13.6. The van der Waals surface area contributed by atoms with Gasteiger partial charge in [0.25, 0.3) is 5.91 Å². The van der Waals surface area contributed by atoms with Crippen LogP contribution in [0.4, 0.5) is 0 Å². The van der Waals surface area contributed by atoms with Crippen LogP contribution in [0, 0.1) is 0 Å². The lowest BCUT2D eigenvalue weighted by molar-refractivity contribution is 0.0720. The monoisotopic (exact) mass is 468 g/mol. The van der Waals surface area contributed by atoms with Crippen molar-refractivity contribution in [1.29, 1.82) is 0 Å². The van der Waals surface area contributed by atoms with Crippen LogP contribution in [0.25, 0.3) is 11.0 Å². The van der Waals surface area contributed by atoms with E-state index in [0.29, 0.717) is 34.7 Å². The molecule has 33 heavy (non-hydrogen) atoms. The van der Waals surface area contributed by atoms with Gasteiger partial charge in [0.15, 0.2) is 5.43 Å². The number of carbonyl (C=O) groups excluding carboxylic acids is 1. The molecule has 0 aliphatic carbocycles. The Morgan fingerprint density at radius 3 is 2.45 bits per heavy atom. The first-order valence-corrected chi connectivity index (χ1v) is 11.9. The number of hydrogen-bond donors (Lipinski definition) is 0. The van der Waals surface area contributed by atoms with Gasteiger partial charge in [-0.2, -0.15) is 0 Å². The summed E-state index contributed by atoms with van der Waals surface area (Å²) < 4.78 is 11.6. The predicted molar refractivity (Wildman–Crippen MR) is 130 cm³/mol. The average molecular weight is 469 g/mol. The molecule has 2 aromatic carbocycles. The van der Waals surface area contributed by atoms with Crippen molar-refractivity contribution >= 4 is 28.5 Å². The summed E-state index contributed by atoms with van der Waals surface area (Å²) >= 11 is 6.15. The molecular weight excluding hydrogens is 440 g/mol. The fourth-order valence-electron chi connectivity index (χ4n) is 4.49. The van der Waals surface area contributed by atoms with Gasteiger partial charge < -0.3 is 19.0 Å². The molecule has 0 bridgehead atoms. The number of nitrogens with zero attached hydrogens (tertiary/aromatic N) is 2. The molecule has 1 amide bonds. The molecule has 174 valence electrons. The minimum absolute atomic E-state index is 0.122. The van der Waals surface area contributed by atoms with Crippen molar-refractivity contribution in [3.8, 4) is 5.75 Å². The zero-order chi connectivity index (χ0) is 23.5. The van der Waals surface area contributed by atoms with E-state index in [1.165, 1.54) is 0 Å². The molecule has 1 aliphatic rings. The van der Waals surface area contributed by atoms with Crippen molar-refractivity contribution in [2.75, 3.05) is 32.8 Å².